The summed E-state index contributed by atoms with van der Waals surface area (Å²) in [6.07, 6.45) is 0. The van der Waals surface area contributed by atoms with Gasteiger partial charge in [0.2, 0.25) is 0 Å². The van der Waals surface area contributed by atoms with E-state index < -0.39 is 0 Å². The zero-order chi connectivity index (χ0) is 14.4. The highest BCUT2D eigenvalue weighted by atomic mass is 16.2. The van der Waals surface area contributed by atoms with E-state index in [1.807, 2.05) is 36.1 Å². The van der Waals surface area contributed by atoms with Crippen molar-refractivity contribution in [1.29, 1.82) is 0 Å². The minimum Gasteiger partial charge on any atom is -0.324 e. The number of carbonyl (C=O) groups is 1. The van der Waals surface area contributed by atoms with Crippen LogP contribution in [0.15, 0.2) is 24.3 Å². The van der Waals surface area contributed by atoms with Crippen molar-refractivity contribution in [2.75, 3.05) is 18.4 Å². The summed E-state index contributed by atoms with van der Waals surface area (Å²) in [6, 6.07) is 7.88. The summed E-state index contributed by atoms with van der Waals surface area (Å²) < 4.78 is 0. The number of nitrogens with one attached hydrogen (secondary N) is 1. The topological polar surface area (TPSA) is 32.3 Å². The summed E-state index contributed by atoms with van der Waals surface area (Å²) in [5.41, 5.74) is 2.05. The maximum Gasteiger partial charge on any atom is 0.321 e. The van der Waals surface area contributed by atoms with E-state index in [2.05, 4.69) is 33.0 Å². The molecule has 0 saturated carbocycles. The molecular formula is C16H26N2O. The lowest BCUT2D eigenvalue weighted by atomic mass is 10.1. The van der Waals surface area contributed by atoms with Gasteiger partial charge in [-0.1, -0.05) is 45.4 Å². The second-order valence-electron chi connectivity index (χ2n) is 5.99. The third-order valence-electron chi connectivity index (χ3n) is 2.76. The normalized spacial score (nSPS) is 10.9. The number of benzene rings is 1. The average molecular weight is 262 g/mol. The molecule has 1 rings (SSSR count). The molecule has 0 aliphatic heterocycles. The summed E-state index contributed by atoms with van der Waals surface area (Å²) in [7, 11) is 0. The van der Waals surface area contributed by atoms with Crippen LogP contribution < -0.4 is 5.32 Å². The van der Waals surface area contributed by atoms with Crippen LogP contribution in [0.4, 0.5) is 10.5 Å². The van der Waals surface area contributed by atoms with Crippen LogP contribution in [0.3, 0.4) is 0 Å². The lowest BCUT2D eigenvalue weighted by Gasteiger charge is -2.26. The van der Waals surface area contributed by atoms with Crippen molar-refractivity contribution in [2.24, 2.45) is 11.8 Å². The molecule has 1 aromatic rings. The summed E-state index contributed by atoms with van der Waals surface area (Å²) in [4.78, 5) is 14.2. The van der Waals surface area contributed by atoms with Gasteiger partial charge in [-0.2, -0.15) is 0 Å². The standard InChI is InChI=1S/C16H26N2O/c1-12(2)10-18(11-13(3)4)16(19)17-15-8-6-14(5)7-9-15/h6-9,12-13H,10-11H2,1-5H3,(H,17,19). The smallest absolute Gasteiger partial charge is 0.321 e. The van der Waals surface area contributed by atoms with Crippen LogP contribution in [0.1, 0.15) is 33.3 Å². The van der Waals surface area contributed by atoms with Gasteiger partial charge in [-0.25, -0.2) is 4.79 Å². The van der Waals surface area contributed by atoms with Gasteiger partial charge in [0.25, 0.3) is 0 Å². The monoisotopic (exact) mass is 262 g/mol. The minimum atomic E-state index is -0.00810. The SMILES string of the molecule is Cc1ccc(NC(=O)N(CC(C)C)CC(C)C)cc1. The number of hydrogen-bond acceptors (Lipinski definition) is 1. The van der Waals surface area contributed by atoms with Crippen LogP contribution in [0.5, 0.6) is 0 Å². The zero-order valence-corrected chi connectivity index (χ0v) is 12.7. The van der Waals surface area contributed by atoms with E-state index in [9.17, 15) is 4.79 Å². The van der Waals surface area contributed by atoms with Crippen molar-refractivity contribution in [3.63, 3.8) is 0 Å². The molecule has 19 heavy (non-hydrogen) atoms. The fourth-order valence-corrected chi connectivity index (χ4v) is 1.96. The maximum absolute atomic E-state index is 12.3. The molecule has 0 unspecified atom stereocenters. The Kier molecular flexibility index (Phi) is 5.87. The van der Waals surface area contributed by atoms with Gasteiger partial charge >= 0.3 is 6.03 Å². The van der Waals surface area contributed by atoms with E-state index in [-0.39, 0.29) is 6.03 Å². The lowest BCUT2D eigenvalue weighted by Crippen LogP contribution is -2.39. The van der Waals surface area contributed by atoms with E-state index in [1.54, 1.807) is 0 Å². The molecule has 0 aliphatic rings. The largest absolute Gasteiger partial charge is 0.324 e. The highest BCUT2D eigenvalue weighted by Crippen LogP contribution is 2.11. The number of aryl methyl sites for hydroxylation is 1. The van der Waals surface area contributed by atoms with E-state index in [0.717, 1.165) is 18.8 Å². The van der Waals surface area contributed by atoms with Crippen LogP contribution in [0.25, 0.3) is 0 Å². The van der Waals surface area contributed by atoms with Crippen LogP contribution in [-0.2, 0) is 0 Å². The van der Waals surface area contributed by atoms with E-state index in [0.29, 0.717) is 11.8 Å². The third kappa shape index (κ3) is 5.77. The number of rotatable bonds is 5. The van der Waals surface area contributed by atoms with E-state index in [4.69, 9.17) is 0 Å². The Morgan fingerprint density at radius 3 is 1.95 bits per heavy atom. The van der Waals surface area contributed by atoms with Gasteiger partial charge in [0.05, 0.1) is 0 Å². The Labute approximate surface area is 117 Å². The van der Waals surface area contributed by atoms with Crippen molar-refractivity contribution in [2.45, 2.75) is 34.6 Å². The zero-order valence-electron chi connectivity index (χ0n) is 12.7. The fourth-order valence-electron chi connectivity index (χ4n) is 1.96. The molecule has 0 spiro atoms. The first-order chi connectivity index (χ1) is 8.88. The van der Waals surface area contributed by atoms with Crippen molar-refractivity contribution in [3.8, 4) is 0 Å². The molecule has 0 atom stereocenters. The van der Waals surface area contributed by atoms with E-state index >= 15 is 0 Å². The second-order valence-corrected chi connectivity index (χ2v) is 5.99. The number of urea groups is 1. The van der Waals surface area contributed by atoms with Gasteiger partial charge in [0.1, 0.15) is 0 Å². The lowest BCUT2D eigenvalue weighted by molar-refractivity contribution is 0.196. The number of nitrogens with zero attached hydrogens (tertiary/aromatic N) is 1. The first-order valence-corrected chi connectivity index (χ1v) is 7.01. The molecule has 0 fully saturated rings. The van der Waals surface area contributed by atoms with Crippen LogP contribution >= 0.6 is 0 Å². The molecule has 3 heteroatoms. The maximum atomic E-state index is 12.3. The molecule has 1 aromatic carbocycles. The van der Waals surface area contributed by atoms with Gasteiger partial charge in [-0.3, -0.25) is 0 Å². The molecule has 0 heterocycles. The van der Waals surface area contributed by atoms with Gasteiger partial charge in [-0.15, -0.1) is 0 Å². The Morgan fingerprint density at radius 2 is 1.53 bits per heavy atom. The molecule has 0 aromatic heterocycles. The first kappa shape index (κ1) is 15.5. The molecule has 1 N–H and O–H groups in total. The minimum absolute atomic E-state index is 0.00810. The number of hydrogen-bond donors (Lipinski definition) is 1. The molecule has 0 saturated heterocycles. The molecule has 0 radical (unpaired) electrons. The van der Waals surface area contributed by atoms with Gasteiger partial charge in [0, 0.05) is 18.8 Å². The van der Waals surface area contributed by atoms with Crippen LogP contribution in [-0.4, -0.2) is 24.0 Å². The molecule has 0 bridgehead atoms. The molecular weight excluding hydrogens is 236 g/mol. The Balaban J connectivity index is 2.67. The van der Waals surface area contributed by atoms with Crippen molar-refractivity contribution >= 4 is 11.7 Å². The van der Waals surface area contributed by atoms with E-state index in [1.165, 1.54) is 5.56 Å². The molecule has 0 aliphatic carbocycles. The molecule has 106 valence electrons. The number of carbonyl (C=O) groups excluding carboxylic acids is 1. The Hall–Kier alpha value is -1.51. The average Bonchev–Trinajstić information content (AvgIpc) is 2.30. The Bertz CT molecular complexity index is 386. The molecule has 2 amide bonds. The summed E-state index contributed by atoms with van der Waals surface area (Å²) >= 11 is 0. The fraction of sp³-hybridized carbons (Fsp3) is 0.562. The number of amides is 2. The predicted octanol–water partition coefficient (Wildman–Crippen LogP) is 4.14. The first-order valence-electron chi connectivity index (χ1n) is 7.01. The number of anilines is 1. The molecule has 3 nitrogen and oxygen atoms in total. The van der Waals surface area contributed by atoms with Gasteiger partial charge < -0.3 is 10.2 Å². The predicted molar refractivity (Wildman–Crippen MR) is 81.4 cm³/mol. The summed E-state index contributed by atoms with van der Waals surface area (Å²) in [5, 5.41) is 2.97. The quantitative estimate of drug-likeness (QED) is 0.849. The van der Waals surface area contributed by atoms with Crippen LogP contribution in [0.2, 0.25) is 0 Å². The second kappa shape index (κ2) is 7.17. The van der Waals surface area contributed by atoms with Crippen LogP contribution in [0, 0.1) is 18.8 Å². The van der Waals surface area contributed by atoms with Crippen molar-refractivity contribution in [1.82, 2.24) is 4.90 Å². The highest BCUT2D eigenvalue weighted by Gasteiger charge is 2.16. The summed E-state index contributed by atoms with van der Waals surface area (Å²) in [5.74, 6) is 0.949. The van der Waals surface area contributed by atoms with Crippen molar-refractivity contribution < 1.29 is 4.79 Å². The summed E-state index contributed by atoms with van der Waals surface area (Å²) in [6.45, 7) is 12.1. The Morgan fingerprint density at radius 1 is 1.05 bits per heavy atom. The van der Waals surface area contributed by atoms with Gasteiger partial charge in [-0.05, 0) is 30.9 Å². The third-order valence-corrected chi connectivity index (χ3v) is 2.76. The highest BCUT2D eigenvalue weighted by molar-refractivity contribution is 5.89. The van der Waals surface area contributed by atoms with Crippen molar-refractivity contribution in [3.05, 3.63) is 29.8 Å². The van der Waals surface area contributed by atoms with Gasteiger partial charge in [0.15, 0.2) is 0 Å².